The fourth-order valence-corrected chi connectivity index (χ4v) is 2.44. The van der Waals surface area contributed by atoms with Crippen molar-refractivity contribution in [3.8, 4) is 6.07 Å². The first-order chi connectivity index (χ1) is 7.74. The van der Waals surface area contributed by atoms with Gasteiger partial charge in [-0.25, -0.2) is 0 Å². The Bertz CT molecular complexity index is 387. The Morgan fingerprint density at radius 2 is 1.88 bits per heavy atom. The molecule has 16 heavy (non-hydrogen) atoms. The molecule has 0 amide bonds. The summed E-state index contributed by atoms with van der Waals surface area (Å²) in [6.45, 7) is 1.44. The standard InChI is InChI=1S/C13H14INO/c14-12-3-1-11(2-4-12)9-13(10-15)5-7-16-8-6-13/h1-4H,5-9H2. The van der Waals surface area contributed by atoms with Gasteiger partial charge in [-0.05, 0) is 59.5 Å². The second-order valence-corrected chi connectivity index (χ2v) is 5.55. The van der Waals surface area contributed by atoms with E-state index < -0.39 is 0 Å². The van der Waals surface area contributed by atoms with Gasteiger partial charge in [0.1, 0.15) is 0 Å². The fourth-order valence-electron chi connectivity index (χ4n) is 2.08. The zero-order valence-electron chi connectivity index (χ0n) is 9.08. The molecule has 0 atom stereocenters. The molecule has 0 spiro atoms. The molecule has 0 radical (unpaired) electrons. The minimum atomic E-state index is -0.203. The largest absolute Gasteiger partial charge is 0.381 e. The lowest BCUT2D eigenvalue weighted by Gasteiger charge is -2.30. The molecule has 1 fully saturated rings. The van der Waals surface area contributed by atoms with Crippen LogP contribution in [0.1, 0.15) is 18.4 Å². The summed E-state index contributed by atoms with van der Waals surface area (Å²) in [6.07, 6.45) is 2.56. The molecule has 0 unspecified atom stereocenters. The molecule has 1 aromatic rings. The lowest BCUT2D eigenvalue weighted by Crippen LogP contribution is -2.30. The quantitative estimate of drug-likeness (QED) is 0.782. The molecule has 0 N–H and O–H groups in total. The molecule has 1 heterocycles. The van der Waals surface area contributed by atoms with Gasteiger partial charge in [-0.1, -0.05) is 12.1 Å². The van der Waals surface area contributed by atoms with E-state index in [1.807, 2.05) is 0 Å². The Morgan fingerprint density at radius 1 is 1.25 bits per heavy atom. The molecule has 1 aliphatic rings. The summed E-state index contributed by atoms with van der Waals surface area (Å²) < 4.78 is 6.57. The topological polar surface area (TPSA) is 33.0 Å². The minimum Gasteiger partial charge on any atom is -0.381 e. The molecule has 0 bridgehead atoms. The van der Waals surface area contributed by atoms with Crippen LogP contribution in [0.4, 0.5) is 0 Å². The van der Waals surface area contributed by atoms with Crippen molar-refractivity contribution in [2.75, 3.05) is 13.2 Å². The van der Waals surface area contributed by atoms with Gasteiger partial charge in [-0.15, -0.1) is 0 Å². The van der Waals surface area contributed by atoms with Crippen LogP contribution in [0.25, 0.3) is 0 Å². The molecule has 1 aliphatic heterocycles. The third-order valence-electron chi connectivity index (χ3n) is 3.14. The first-order valence-electron chi connectivity index (χ1n) is 5.48. The van der Waals surface area contributed by atoms with Gasteiger partial charge in [0.25, 0.3) is 0 Å². The fraction of sp³-hybridized carbons (Fsp3) is 0.462. The van der Waals surface area contributed by atoms with Crippen molar-refractivity contribution >= 4 is 22.6 Å². The van der Waals surface area contributed by atoms with Crippen molar-refractivity contribution in [3.63, 3.8) is 0 Å². The van der Waals surface area contributed by atoms with E-state index in [-0.39, 0.29) is 5.41 Å². The highest BCUT2D eigenvalue weighted by Crippen LogP contribution is 2.33. The maximum Gasteiger partial charge on any atom is 0.0695 e. The molecule has 0 aromatic heterocycles. The molecule has 0 aliphatic carbocycles. The monoisotopic (exact) mass is 327 g/mol. The molecule has 2 rings (SSSR count). The number of hydrogen-bond donors (Lipinski definition) is 0. The second kappa shape index (κ2) is 5.15. The van der Waals surface area contributed by atoms with E-state index in [4.69, 9.17) is 4.74 Å². The van der Waals surface area contributed by atoms with E-state index in [9.17, 15) is 5.26 Å². The van der Waals surface area contributed by atoms with E-state index in [0.29, 0.717) is 0 Å². The van der Waals surface area contributed by atoms with Crippen LogP contribution in [0.15, 0.2) is 24.3 Å². The molecular formula is C13H14INO. The van der Waals surface area contributed by atoms with E-state index in [1.165, 1.54) is 9.13 Å². The average Bonchev–Trinajstić information content (AvgIpc) is 2.33. The molecule has 1 saturated heterocycles. The maximum atomic E-state index is 9.35. The van der Waals surface area contributed by atoms with Crippen molar-refractivity contribution in [2.24, 2.45) is 5.41 Å². The van der Waals surface area contributed by atoms with Crippen molar-refractivity contribution in [1.82, 2.24) is 0 Å². The number of hydrogen-bond acceptors (Lipinski definition) is 2. The lowest BCUT2D eigenvalue weighted by molar-refractivity contribution is 0.0406. The molecule has 1 aromatic carbocycles. The summed E-state index contributed by atoms with van der Waals surface area (Å²) in [4.78, 5) is 0. The Morgan fingerprint density at radius 3 is 2.44 bits per heavy atom. The van der Waals surface area contributed by atoms with Crippen molar-refractivity contribution in [3.05, 3.63) is 33.4 Å². The predicted octanol–water partition coefficient (Wildman–Crippen LogP) is 3.15. The zero-order chi connectivity index (χ0) is 11.4. The van der Waals surface area contributed by atoms with Crippen LogP contribution in [-0.4, -0.2) is 13.2 Å². The van der Waals surface area contributed by atoms with E-state index in [1.54, 1.807) is 0 Å². The Kier molecular flexibility index (Phi) is 3.82. The third-order valence-corrected chi connectivity index (χ3v) is 3.86. The van der Waals surface area contributed by atoms with Crippen LogP contribution in [0.5, 0.6) is 0 Å². The maximum absolute atomic E-state index is 9.35. The van der Waals surface area contributed by atoms with Crippen molar-refractivity contribution in [1.29, 1.82) is 5.26 Å². The smallest absolute Gasteiger partial charge is 0.0695 e. The SMILES string of the molecule is N#CC1(Cc2ccc(I)cc2)CCOCC1. The summed E-state index contributed by atoms with van der Waals surface area (Å²) in [5.41, 5.74) is 1.05. The van der Waals surface area contributed by atoms with Gasteiger partial charge >= 0.3 is 0 Å². The van der Waals surface area contributed by atoms with Crippen LogP contribution in [0.2, 0.25) is 0 Å². The van der Waals surface area contributed by atoms with Crippen LogP contribution in [0, 0.1) is 20.3 Å². The number of nitriles is 1. The summed E-state index contributed by atoms with van der Waals surface area (Å²) in [5, 5.41) is 9.35. The highest BCUT2D eigenvalue weighted by atomic mass is 127. The summed E-state index contributed by atoms with van der Waals surface area (Å²) in [5.74, 6) is 0. The van der Waals surface area contributed by atoms with Crippen molar-refractivity contribution in [2.45, 2.75) is 19.3 Å². The average molecular weight is 327 g/mol. The van der Waals surface area contributed by atoms with Crippen LogP contribution in [-0.2, 0) is 11.2 Å². The van der Waals surface area contributed by atoms with Gasteiger partial charge in [0.05, 0.1) is 11.5 Å². The van der Waals surface area contributed by atoms with Gasteiger partial charge in [-0.2, -0.15) is 5.26 Å². The molecular weight excluding hydrogens is 313 g/mol. The number of halogens is 1. The van der Waals surface area contributed by atoms with Gasteiger partial charge in [0, 0.05) is 16.8 Å². The Balaban J connectivity index is 2.12. The Hall–Kier alpha value is -0.600. The highest BCUT2D eigenvalue weighted by Gasteiger charge is 2.32. The molecule has 0 saturated carbocycles. The highest BCUT2D eigenvalue weighted by molar-refractivity contribution is 14.1. The summed E-state index contributed by atoms with van der Waals surface area (Å²) in [7, 11) is 0. The zero-order valence-corrected chi connectivity index (χ0v) is 11.2. The molecule has 84 valence electrons. The number of rotatable bonds is 2. The predicted molar refractivity (Wildman–Crippen MR) is 71.0 cm³/mol. The summed E-state index contributed by atoms with van der Waals surface area (Å²) in [6, 6.07) is 10.9. The lowest BCUT2D eigenvalue weighted by atomic mass is 9.77. The first-order valence-corrected chi connectivity index (χ1v) is 6.55. The van der Waals surface area contributed by atoms with E-state index >= 15 is 0 Å². The van der Waals surface area contributed by atoms with Crippen LogP contribution >= 0.6 is 22.6 Å². The normalized spacial score (nSPS) is 19.0. The van der Waals surface area contributed by atoms with Gasteiger partial charge in [0.2, 0.25) is 0 Å². The Labute approximate surface area is 110 Å². The second-order valence-electron chi connectivity index (χ2n) is 4.31. The third kappa shape index (κ3) is 2.74. The number of ether oxygens (including phenoxy) is 1. The van der Waals surface area contributed by atoms with Gasteiger partial charge in [0.15, 0.2) is 0 Å². The molecule has 2 nitrogen and oxygen atoms in total. The molecule has 3 heteroatoms. The number of nitrogens with zero attached hydrogens (tertiary/aromatic N) is 1. The van der Waals surface area contributed by atoms with E-state index in [0.717, 1.165) is 32.5 Å². The van der Waals surface area contributed by atoms with Crippen LogP contribution in [0.3, 0.4) is 0 Å². The first kappa shape index (κ1) is 11.9. The van der Waals surface area contributed by atoms with Gasteiger partial charge in [-0.3, -0.25) is 0 Å². The van der Waals surface area contributed by atoms with Gasteiger partial charge < -0.3 is 4.74 Å². The number of benzene rings is 1. The minimum absolute atomic E-state index is 0.203. The van der Waals surface area contributed by atoms with Crippen molar-refractivity contribution < 1.29 is 4.74 Å². The summed E-state index contributed by atoms with van der Waals surface area (Å²) >= 11 is 2.30. The van der Waals surface area contributed by atoms with E-state index in [2.05, 4.69) is 52.9 Å². The van der Waals surface area contributed by atoms with Crippen LogP contribution < -0.4 is 0 Å².